The average Bonchev–Trinajstić information content (AvgIpc) is 3.07. The first-order valence-electron chi connectivity index (χ1n) is 14.7. The molecule has 0 radical (unpaired) electrons. The maximum absolute atomic E-state index is 13.8. The van der Waals surface area contributed by atoms with E-state index in [1.54, 1.807) is 19.2 Å². The zero-order valence-electron chi connectivity index (χ0n) is 24.7. The van der Waals surface area contributed by atoms with Crippen LogP contribution in [0.3, 0.4) is 0 Å². The van der Waals surface area contributed by atoms with Gasteiger partial charge in [-0.15, -0.1) is 0 Å². The molecule has 0 aliphatic rings. The van der Waals surface area contributed by atoms with Gasteiger partial charge in [-0.2, -0.15) is 0 Å². The Hall–Kier alpha value is -5.27. The number of carbonyl (C=O) groups is 1. The summed E-state index contributed by atoms with van der Waals surface area (Å²) >= 11 is 0. The Labute approximate surface area is 256 Å². The molecule has 44 heavy (non-hydrogen) atoms. The summed E-state index contributed by atoms with van der Waals surface area (Å²) in [5.41, 5.74) is 3.19. The van der Waals surface area contributed by atoms with Gasteiger partial charge in [0.1, 0.15) is 17.2 Å². The molecule has 7 nitrogen and oxygen atoms in total. The van der Waals surface area contributed by atoms with Crippen LogP contribution in [0.25, 0.3) is 12.2 Å². The Morgan fingerprint density at radius 1 is 0.659 bits per heavy atom. The van der Waals surface area contributed by atoms with Gasteiger partial charge in [-0.25, -0.2) is 0 Å². The van der Waals surface area contributed by atoms with Crippen LogP contribution in [0.4, 0.5) is 0 Å². The van der Waals surface area contributed by atoms with Crippen LogP contribution in [0, 0.1) is 0 Å². The van der Waals surface area contributed by atoms with Gasteiger partial charge in [-0.05, 0) is 34.4 Å². The van der Waals surface area contributed by atoms with Gasteiger partial charge >= 0.3 is 0 Å². The zero-order chi connectivity index (χ0) is 30.7. The second-order valence-electron chi connectivity index (χ2n) is 10.6. The highest BCUT2D eigenvalue weighted by atomic mass is 16.2. The lowest BCUT2D eigenvalue weighted by Gasteiger charge is -2.19. The summed E-state index contributed by atoms with van der Waals surface area (Å²) in [5.74, 6) is -0.180. The first-order valence-corrected chi connectivity index (χ1v) is 14.7. The van der Waals surface area contributed by atoms with Crippen molar-refractivity contribution in [3.05, 3.63) is 175 Å². The Kier molecular flexibility index (Phi) is 10.1. The molecule has 0 bridgehead atoms. The van der Waals surface area contributed by atoms with Gasteiger partial charge < -0.3 is 15.2 Å². The van der Waals surface area contributed by atoms with Crippen LogP contribution >= 0.6 is 0 Å². The van der Waals surface area contributed by atoms with Crippen molar-refractivity contribution in [2.24, 2.45) is 7.05 Å². The van der Waals surface area contributed by atoms with E-state index in [1.807, 2.05) is 97.1 Å². The number of rotatable bonds is 11. The van der Waals surface area contributed by atoms with Gasteiger partial charge in [0.25, 0.3) is 11.1 Å². The van der Waals surface area contributed by atoms with Crippen LogP contribution < -0.4 is 32.5 Å². The van der Waals surface area contributed by atoms with Gasteiger partial charge in [-0.3, -0.25) is 19.0 Å². The minimum atomic E-state index is -0.417. The number of aromatic nitrogens is 2. The van der Waals surface area contributed by atoms with E-state index in [2.05, 4.69) is 34.9 Å². The van der Waals surface area contributed by atoms with Gasteiger partial charge in [-0.1, -0.05) is 121 Å². The molecule has 0 unspecified atom stereocenters. The summed E-state index contributed by atoms with van der Waals surface area (Å²) in [6.45, 7) is 1.34. The molecule has 222 valence electrons. The average molecular weight is 585 g/mol. The molecular formula is C37H36N4O3. The van der Waals surface area contributed by atoms with Crippen molar-refractivity contribution in [1.82, 2.24) is 19.8 Å². The molecule has 1 aromatic heterocycles. The van der Waals surface area contributed by atoms with E-state index in [0.29, 0.717) is 19.6 Å². The zero-order valence-corrected chi connectivity index (χ0v) is 24.7. The van der Waals surface area contributed by atoms with Crippen molar-refractivity contribution in [3.63, 3.8) is 0 Å². The highest BCUT2D eigenvalue weighted by Crippen LogP contribution is 2.23. The van der Waals surface area contributed by atoms with E-state index in [9.17, 15) is 14.4 Å². The third kappa shape index (κ3) is 7.56. The molecular weight excluding hydrogens is 548 g/mol. The van der Waals surface area contributed by atoms with Gasteiger partial charge in [0.2, 0.25) is 5.91 Å². The molecule has 5 rings (SSSR count). The summed E-state index contributed by atoms with van der Waals surface area (Å²) in [6.07, 6.45) is 3.32. The van der Waals surface area contributed by atoms with Gasteiger partial charge in [0.15, 0.2) is 0 Å². The maximum Gasteiger partial charge on any atom is 0.275 e. The standard InChI is InChI=1S/C37H36N4O3/c1-40-33(24-28-14-6-2-7-15-28)37(44)41(34(36(40)43)25-29-16-8-3-9-17-29)27-35(42)39-23-22-38-26-32(30-18-10-4-11-19-30)31-20-12-5-13-21-31/h2-21,24-25,32,38H,22-23,26-27H2,1H3,(H,39,42). The number of carbonyl (C=O) groups excluding carboxylic acids is 1. The highest BCUT2D eigenvalue weighted by molar-refractivity contribution is 5.75. The van der Waals surface area contributed by atoms with Crippen molar-refractivity contribution in [3.8, 4) is 0 Å². The van der Waals surface area contributed by atoms with Crippen molar-refractivity contribution < 1.29 is 4.79 Å². The maximum atomic E-state index is 13.8. The van der Waals surface area contributed by atoms with Crippen LogP contribution in [-0.4, -0.2) is 34.7 Å². The molecule has 0 aliphatic heterocycles. The number of hydrogen-bond donors (Lipinski definition) is 2. The summed E-state index contributed by atoms with van der Waals surface area (Å²) in [4.78, 5) is 40.5. The first kappa shape index (κ1) is 30.2. The normalized spacial score (nSPS) is 12.0. The summed E-state index contributed by atoms with van der Waals surface area (Å²) in [6, 6.07) is 39.3. The van der Waals surface area contributed by atoms with Crippen LogP contribution in [0.1, 0.15) is 28.2 Å². The molecule has 0 aliphatic carbocycles. The van der Waals surface area contributed by atoms with Crippen molar-refractivity contribution in [1.29, 1.82) is 0 Å². The van der Waals surface area contributed by atoms with E-state index in [-0.39, 0.29) is 34.6 Å². The molecule has 0 atom stereocenters. The number of amides is 1. The molecule has 1 amide bonds. The van der Waals surface area contributed by atoms with E-state index in [0.717, 1.165) is 11.1 Å². The van der Waals surface area contributed by atoms with E-state index in [1.165, 1.54) is 20.3 Å². The third-order valence-corrected chi connectivity index (χ3v) is 7.52. The number of benzene rings is 4. The second-order valence-corrected chi connectivity index (χ2v) is 10.6. The van der Waals surface area contributed by atoms with Gasteiger partial charge in [0, 0.05) is 32.6 Å². The Morgan fingerprint density at radius 3 is 1.66 bits per heavy atom. The lowest BCUT2D eigenvalue weighted by Crippen LogP contribution is -2.58. The van der Waals surface area contributed by atoms with Crippen molar-refractivity contribution in [2.75, 3.05) is 19.6 Å². The monoisotopic (exact) mass is 584 g/mol. The fourth-order valence-electron chi connectivity index (χ4n) is 5.19. The fourth-order valence-corrected chi connectivity index (χ4v) is 5.19. The Morgan fingerprint density at radius 2 is 1.14 bits per heavy atom. The molecule has 7 heteroatoms. The minimum absolute atomic E-state index is 0.149. The molecule has 0 fully saturated rings. The largest absolute Gasteiger partial charge is 0.353 e. The quantitative estimate of drug-likeness (QED) is 0.234. The van der Waals surface area contributed by atoms with Crippen LogP contribution in [0.5, 0.6) is 0 Å². The first-order chi connectivity index (χ1) is 21.5. The number of hydrogen-bond acceptors (Lipinski definition) is 4. The van der Waals surface area contributed by atoms with Crippen LogP contribution in [0.15, 0.2) is 131 Å². The van der Waals surface area contributed by atoms with Crippen LogP contribution in [0.2, 0.25) is 0 Å². The second kappa shape index (κ2) is 14.8. The number of nitrogens with one attached hydrogen (secondary N) is 2. The molecule has 0 spiro atoms. The summed E-state index contributed by atoms with van der Waals surface area (Å²) in [7, 11) is 1.58. The third-order valence-electron chi connectivity index (χ3n) is 7.52. The number of nitrogens with zero attached hydrogens (tertiary/aromatic N) is 2. The van der Waals surface area contributed by atoms with E-state index < -0.39 is 5.56 Å². The van der Waals surface area contributed by atoms with E-state index in [4.69, 9.17) is 0 Å². The molecule has 0 saturated heterocycles. The summed E-state index contributed by atoms with van der Waals surface area (Å²) in [5, 5.41) is 6.73. The molecule has 1 heterocycles. The van der Waals surface area contributed by atoms with Crippen LogP contribution in [-0.2, 0) is 18.4 Å². The lowest BCUT2D eigenvalue weighted by atomic mass is 9.91. The predicted octanol–water partition coefficient (Wildman–Crippen LogP) is 2.74. The van der Waals surface area contributed by atoms with Crippen molar-refractivity contribution >= 4 is 18.1 Å². The Bertz CT molecular complexity index is 1880. The highest BCUT2D eigenvalue weighted by Gasteiger charge is 2.14. The predicted molar refractivity (Wildman–Crippen MR) is 176 cm³/mol. The smallest absolute Gasteiger partial charge is 0.275 e. The summed E-state index contributed by atoms with van der Waals surface area (Å²) < 4.78 is 2.62. The van der Waals surface area contributed by atoms with Crippen molar-refractivity contribution in [2.45, 2.75) is 12.5 Å². The Balaban J connectivity index is 1.34. The molecule has 5 aromatic rings. The molecule has 4 aromatic carbocycles. The topological polar surface area (TPSA) is 85.1 Å². The van der Waals surface area contributed by atoms with Gasteiger partial charge in [0.05, 0.1) is 0 Å². The SMILES string of the molecule is Cn1c(=O)c(=Cc2ccccc2)n(CC(=O)NCCNCC(c2ccccc2)c2ccccc2)c(=O)c1=Cc1ccccc1. The minimum Gasteiger partial charge on any atom is -0.353 e. The molecule has 2 N–H and O–H groups in total. The fraction of sp³-hybridized carbons (Fsp3) is 0.162. The van der Waals surface area contributed by atoms with E-state index >= 15 is 0 Å². The lowest BCUT2D eigenvalue weighted by molar-refractivity contribution is -0.121. The molecule has 0 saturated carbocycles.